The average molecular weight is 411 g/mol. The Bertz CT molecular complexity index is 851. The SMILES string of the molecule is CCOc1ccc(N2CCNC(Cc3cccnc3N3CCN(C)CC3)C2=O)cn1. The summed E-state index contributed by atoms with van der Waals surface area (Å²) in [6.07, 6.45) is 4.17. The van der Waals surface area contributed by atoms with Gasteiger partial charge >= 0.3 is 0 Å². The van der Waals surface area contributed by atoms with Crippen LogP contribution in [0.4, 0.5) is 11.5 Å². The zero-order chi connectivity index (χ0) is 20.9. The van der Waals surface area contributed by atoms with E-state index >= 15 is 0 Å². The molecular weight excluding hydrogens is 380 g/mol. The number of rotatable bonds is 6. The summed E-state index contributed by atoms with van der Waals surface area (Å²) in [6.45, 7) is 7.82. The molecule has 1 amide bonds. The van der Waals surface area contributed by atoms with Crippen LogP contribution in [0.25, 0.3) is 0 Å². The molecule has 30 heavy (non-hydrogen) atoms. The van der Waals surface area contributed by atoms with E-state index in [4.69, 9.17) is 4.74 Å². The second-order valence-electron chi connectivity index (χ2n) is 7.76. The van der Waals surface area contributed by atoms with Gasteiger partial charge in [0.05, 0.1) is 24.5 Å². The molecule has 2 saturated heterocycles. The molecule has 2 aromatic rings. The van der Waals surface area contributed by atoms with E-state index in [2.05, 4.69) is 38.2 Å². The highest BCUT2D eigenvalue weighted by molar-refractivity contribution is 5.98. The molecule has 1 atom stereocenters. The van der Waals surface area contributed by atoms with Crippen LogP contribution in [-0.2, 0) is 11.2 Å². The molecule has 4 rings (SSSR count). The van der Waals surface area contributed by atoms with Crippen molar-refractivity contribution in [2.75, 3.05) is 62.7 Å². The Balaban J connectivity index is 1.48. The van der Waals surface area contributed by atoms with Crippen LogP contribution in [0.2, 0.25) is 0 Å². The zero-order valence-electron chi connectivity index (χ0n) is 17.8. The van der Waals surface area contributed by atoms with Gasteiger partial charge in [0, 0.05) is 58.0 Å². The number of hydrogen-bond acceptors (Lipinski definition) is 7. The van der Waals surface area contributed by atoms with Crippen molar-refractivity contribution < 1.29 is 9.53 Å². The lowest BCUT2D eigenvalue weighted by Gasteiger charge is -2.36. The van der Waals surface area contributed by atoms with E-state index in [-0.39, 0.29) is 11.9 Å². The number of carbonyl (C=O) groups excluding carboxylic acids is 1. The molecule has 2 aliphatic heterocycles. The van der Waals surface area contributed by atoms with Gasteiger partial charge in [-0.1, -0.05) is 6.07 Å². The van der Waals surface area contributed by atoms with Crippen molar-refractivity contribution in [2.45, 2.75) is 19.4 Å². The fourth-order valence-corrected chi connectivity index (χ4v) is 4.03. The number of aromatic nitrogens is 2. The lowest BCUT2D eigenvalue weighted by atomic mass is 10.0. The normalized spacial score (nSPS) is 20.5. The lowest BCUT2D eigenvalue weighted by molar-refractivity contribution is -0.121. The highest BCUT2D eigenvalue weighted by Gasteiger charge is 2.31. The van der Waals surface area contributed by atoms with E-state index in [1.54, 1.807) is 6.20 Å². The number of pyridine rings is 2. The molecule has 0 radical (unpaired) electrons. The smallest absolute Gasteiger partial charge is 0.244 e. The summed E-state index contributed by atoms with van der Waals surface area (Å²) in [5.74, 6) is 1.65. The predicted octanol–water partition coefficient (Wildman–Crippen LogP) is 1.17. The number of amides is 1. The highest BCUT2D eigenvalue weighted by atomic mass is 16.5. The molecule has 2 aliphatic rings. The van der Waals surface area contributed by atoms with Crippen LogP contribution in [0.3, 0.4) is 0 Å². The molecule has 160 valence electrons. The Hall–Kier alpha value is -2.71. The molecule has 2 aromatic heterocycles. The van der Waals surface area contributed by atoms with E-state index in [1.807, 2.05) is 36.2 Å². The summed E-state index contributed by atoms with van der Waals surface area (Å²) in [5, 5.41) is 3.40. The first-order valence-electron chi connectivity index (χ1n) is 10.7. The topological polar surface area (TPSA) is 73.8 Å². The molecule has 0 saturated carbocycles. The van der Waals surface area contributed by atoms with E-state index < -0.39 is 0 Å². The molecule has 8 heteroatoms. The van der Waals surface area contributed by atoms with E-state index in [0.717, 1.165) is 49.8 Å². The Labute approximate surface area is 177 Å². The van der Waals surface area contributed by atoms with Gasteiger partial charge in [0.15, 0.2) is 0 Å². The Morgan fingerprint density at radius 1 is 1.13 bits per heavy atom. The van der Waals surface area contributed by atoms with Gasteiger partial charge in [-0.25, -0.2) is 9.97 Å². The second-order valence-corrected chi connectivity index (χ2v) is 7.76. The van der Waals surface area contributed by atoms with E-state index in [9.17, 15) is 4.79 Å². The van der Waals surface area contributed by atoms with Crippen LogP contribution in [0.1, 0.15) is 12.5 Å². The summed E-state index contributed by atoms with van der Waals surface area (Å²) in [7, 11) is 2.14. The first-order valence-corrected chi connectivity index (χ1v) is 10.7. The Kier molecular flexibility index (Phi) is 6.44. The molecule has 2 fully saturated rings. The fraction of sp³-hybridized carbons (Fsp3) is 0.500. The third-order valence-corrected chi connectivity index (χ3v) is 5.71. The standard InChI is InChI=1S/C22H30N6O2/c1-3-30-20-7-6-18(16-25-20)28-10-9-23-19(22(28)29)15-17-5-4-8-24-21(17)27-13-11-26(2)12-14-27/h4-8,16,19,23H,3,9-15H2,1-2H3. The quantitative estimate of drug-likeness (QED) is 0.766. The minimum atomic E-state index is -0.277. The lowest BCUT2D eigenvalue weighted by Crippen LogP contribution is -2.56. The number of ether oxygens (including phenoxy) is 1. The Morgan fingerprint density at radius 3 is 2.70 bits per heavy atom. The molecule has 1 N–H and O–H groups in total. The number of anilines is 2. The summed E-state index contributed by atoms with van der Waals surface area (Å²) in [4.78, 5) is 28.7. The van der Waals surface area contributed by atoms with Gasteiger partial charge in [-0.2, -0.15) is 0 Å². The fourth-order valence-electron chi connectivity index (χ4n) is 4.03. The van der Waals surface area contributed by atoms with Gasteiger partial charge in [0.2, 0.25) is 11.8 Å². The van der Waals surface area contributed by atoms with Crippen LogP contribution in [0.15, 0.2) is 36.7 Å². The maximum Gasteiger partial charge on any atom is 0.244 e. The van der Waals surface area contributed by atoms with E-state index in [0.29, 0.717) is 25.5 Å². The van der Waals surface area contributed by atoms with Crippen LogP contribution in [0, 0.1) is 0 Å². The number of nitrogens with zero attached hydrogens (tertiary/aromatic N) is 5. The Morgan fingerprint density at radius 2 is 1.97 bits per heavy atom. The first kappa shape index (κ1) is 20.6. The number of carbonyl (C=O) groups is 1. The van der Waals surface area contributed by atoms with Gasteiger partial charge in [-0.15, -0.1) is 0 Å². The predicted molar refractivity (Wildman–Crippen MR) is 117 cm³/mol. The van der Waals surface area contributed by atoms with Crippen LogP contribution >= 0.6 is 0 Å². The number of likely N-dealkylation sites (N-methyl/N-ethyl adjacent to an activating group) is 1. The van der Waals surface area contributed by atoms with Crippen LogP contribution < -0.4 is 19.9 Å². The van der Waals surface area contributed by atoms with Crippen LogP contribution in [-0.4, -0.2) is 79.7 Å². The monoisotopic (exact) mass is 410 g/mol. The summed E-state index contributed by atoms with van der Waals surface area (Å²) in [6, 6.07) is 7.48. The van der Waals surface area contributed by atoms with Crippen molar-refractivity contribution in [3.05, 3.63) is 42.2 Å². The third kappa shape index (κ3) is 4.55. The molecular formula is C22H30N6O2. The van der Waals surface area contributed by atoms with Crippen molar-refractivity contribution in [2.24, 2.45) is 0 Å². The molecule has 0 spiro atoms. The second kappa shape index (κ2) is 9.40. The highest BCUT2D eigenvalue weighted by Crippen LogP contribution is 2.23. The summed E-state index contributed by atoms with van der Waals surface area (Å²) >= 11 is 0. The maximum atomic E-state index is 13.2. The van der Waals surface area contributed by atoms with Crippen molar-refractivity contribution in [1.82, 2.24) is 20.2 Å². The first-order chi connectivity index (χ1) is 14.7. The molecule has 0 aliphatic carbocycles. The molecule has 1 unspecified atom stereocenters. The van der Waals surface area contributed by atoms with Crippen LogP contribution in [0.5, 0.6) is 5.88 Å². The molecule has 8 nitrogen and oxygen atoms in total. The number of piperazine rings is 2. The molecule has 4 heterocycles. The average Bonchev–Trinajstić information content (AvgIpc) is 2.77. The van der Waals surface area contributed by atoms with Gasteiger partial charge in [-0.3, -0.25) is 4.79 Å². The number of hydrogen-bond donors (Lipinski definition) is 1. The van der Waals surface area contributed by atoms with Gasteiger partial charge in [-0.05, 0) is 31.7 Å². The van der Waals surface area contributed by atoms with Gasteiger partial charge in [0.1, 0.15) is 5.82 Å². The zero-order valence-corrected chi connectivity index (χ0v) is 17.8. The van der Waals surface area contributed by atoms with Crippen molar-refractivity contribution in [3.63, 3.8) is 0 Å². The van der Waals surface area contributed by atoms with Crippen molar-refractivity contribution in [1.29, 1.82) is 0 Å². The summed E-state index contributed by atoms with van der Waals surface area (Å²) in [5.41, 5.74) is 1.92. The molecule has 0 bridgehead atoms. The minimum Gasteiger partial charge on any atom is -0.478 e. The largest absolute Gasteiger partial charge is 0.478 e. The van der Waals surface area contributed by atoms with Crippen molar-refractivity contribution in [3.8, 4) is 5.88 Å². The van der Waals surface area contributed by atoms with Gasteiger partial charge in [0.25, 0.3) is 0 Å². The molecule has 0 aromatic carbocycles. The minimum absolute atomic E-state index is 0.0698. The summed E-state index contributed by atoms with van der Waals surface area (Å²) < 4.78 is 5.41. The van der Waals surface area contributed by atoms with E-state index in [1.165, 1.54) is 0 Å². The maximum absolute atomic E-state index is 13.2. The number of nitrogens with one attached hydrogen (secondary N) is 1. The van der Waals surface area contributed by atoms with Gasteiger partial charge < -0.3 is 24.8 Å². The van der Waals surface area contributed by atoms with Crippen molar-refractivity contribution >= 4 is 17.4 Å². The third-order valence-electron chi connectivity index (χ3n) is 5.71.